The Bertz CT molecular complexity index is 1130. The molecule has 0 aliphatic carbocycles. The molecule has 0 saturated heterocycles. The molecule has 2 aromatic carbocycles. The van der Waals surface area contributed by atoms with Crippen molar-refractivity contribution in [2.45, 2.75) is 31.2 Å². The van der Waals surface area contributed by atoms with Crippen LogP contribution < -0.4 is 16.2 Å². The van der Waals surface area contributed by atoms with Gasteiger partial charge >= 0.3 is 0 Å². The van der Waals surface area contributed by atoms with Crippen molar-refractivity contribution in [1.29, 1.82) is 5.41 Å². The number of halogens is 2. The Morgan fingerprint density at radius 3 is 2.60 bits per heavy atom. The fraction of sp³-hybridized carbons (Fsp3) is 0.304. The normalized spacial score (nSPS) is 18.1. The minimum Gasteiger partial charge on any atom is -0.372 e. The summed E-state index contributed by atoms with van der Waals surface area (Å²) in [7, 11) is 1.39. The molecule has 186 valence electrons. The molecule has 12 heteroatoms. The zero-order chi connectivity index (χ0) is 25.6. The highest BCUT2D eigenvalue weighted by Crippen LogP contribution is 2.50. The molecule has 0 aromatic heterocycles. The summed E-state index contributed by atoms with van der Waals surface area (Å²) in [6.07, 6.45) is -0.605. The van der Waals surface area contributed by atoms with E-state index in [1.54, 1.807) is 19.1 Å². The van der Waals surface area contributed by atoms with E-state index in [9.17, 15) is 18.4 Å². The predicted octanol–water partition coefficient (Wildman–Crippen LogP) is 2.64. The van der Waals surface area contributed by atoms with E-state index in [-0.39, 0.29) is 29.5 Å². The molecular formula is C23H26F2N6O3S. The molecule has 3 rings (SSSR count). The lowest BCUT2D eigenvalue weighted by Gasteiger charge is -2.37. The van der Waals surface area contributed by atoms with E-state index in [0.717, 1.165) is 30.0 Å². The molecule has 0 saturated carbocycles. The molecule has 0 fully saturated rings. The number of nitrogens with one attached hydrogen (secondary N) is 4. The summed E-state index contributed by atoms with van der Waals surface area (Å²) in [5, 5.41) is 15.8. The fourth-order valence-electron chi connectivity index (χ4n) is 3.44. The number of amides is 2. The molecule has 1 unspecified atom stereocenters. The van der Waals surface area contributed by atoms with Gasteiger partial charge in [0, 0.05) is 32.6 Å². The van der Waals surface area contributed by atoms with E-state index in [2.05, 4.69) is 21.3 Å². The summed E-state index contributed by atoms with van der Waals surface area (Å²) in [6.45, 7) is 3.07. The van der Waals surface area contributed by atoms with E-state index in [1.807, 2.05) is 18.2 Å². The first-order valence-corrected chi connectivity index (χ1v) is 11.5. The van der Waals surface area contributed by atoms with Gasteiger partial charge in [-0.05, 0) is 30.7 Å². The topological polar surface area (TPSA) is 119 Å². The largest absolute Gasteiger partial charge is 0.372 e. The molecule has 35 heavy (non-hydrogen) atoms. The van der Waals surface area contributed by atoms with Crippen LogP contribution in [-0.2, 0) is 19.2 Å². The maximum Gasteiger partial charge on any atom is 0.273 e. The number of hydrogen-bond donors (Lipinski definition) is 4. The van der Waals surface area contributed by atoms with Gasteiger partial charge in [-0.2, -0.15) is 5.10 Å². The van der Waals surface area contributed by atoms with Gasteiger partial charge in [0.05, 0.1) is 0 Å². The Kier molecular flexibility index (Phi) is 8.54. The molecule has 0 spiro atoms. The third-order valence-corrected chi connectivity index (χ3v) is 6.64. The molecule has 0 bridgehead atoms. The number of hydrogen-bond acceptors (Lipinski definition) is 7. The van der Waals surface area contributed by atoms with Gasteiger partial charge in [-0.1, -0.05) is 42.1 Å². The van der Waals surface area contributed by atoms with Crippen LogP contribution in [0.1, 0.15) is 31.4 Å². The highest BCUT2D eigenvalue weighted by atomic mass is 32.2. The van der Waals surface area contributed by atoms with Crippen molar-refractivity contribution in [3.05, 3.63) is 71.3 Å². The van der Waals surface area contributed by atoms with Crippen LogP contribution in [-0.4, -0.2) is 47.6 Å². The second-order valence-corrected chi connectivity index (χ2v) is 8.93. The van der Waals surface area contributed by atoms with Crippen LogP contribution >= 0.6 is 11.8 Å². The number of carbonyl (C=O) groups is 2. The van der Waals surface area contributed by atoms with Crippen molar-refractivity contribution in [2.24, 2.45) is 5.10 Å². The Balaban J connectivity index is 1.99. The maximum atomic E-state index is 14.7. The summed E-state index contributed by atoms with van der Waals surface area (Å²) < 4.78 is 33.9. The zero-order valence-electron chi connectivity index (χ0n) is 19.4. The van der Waals surface area contributed by atoms with Crippen LogP contribution in [0.15, 0.2) is 53.6 Å². The van der Waals surface area contributed by atoms with Crippen molar-refractivity contribution in [2.75, 3.05) is 13.7 Å². The monoisotopic (exact) mass is 504 g/mol. The van der Waals surface area contributed by atoms with Crippen LogP contribution in [0.4, 0.5) is 8.78 Å². The molecule has 0 radical (unpaired) electrons. The standard InChI is InChI=1S/C23H26F2N6O3S/c1-14(34-3)21(33)31-23(16-7-5-4-6-8-16,11-12-27-29-22(26)28-15(2)32)35-20(30-31)18-13-17(24)9-10-19(18)25/h4-10,13-14,27H,11-12H2,1-3H3,(H3,26,28,29,32)/t14-,23?/m0/s1. The lowest BCUT2D eigenvalue weighted by Crippen LogP contribution is -2.50. The van der Waals surface area contributed by atoms with Crippen molar-refractivity contribution >= 4 is 34.6 Å². The maximum absolute atomic E-state index is 14.7. The number of benzene rings is 2. The number of methoxy groups -OCH3 is 1. The molecular weight excluding hydrogens is 478 g/mol. The minimum atomic E-state index is -1.13. The van der Waals surface area contributed by atoms with Crippen molar-refractivity contribution in [3.8, 4) is 0 Å². The van der Waals surface area contributed by atoms with E-state index < -0.39 is 34.4 Å². The Morgan fingerprint density at radius 1 is 1.23 bits per heavy atom. The van der Waals surface area contributed by atoms with Crippen LogP contribution in [0.5, 0.6) is 0 Å². The summed E-state index contributed by atoms with van der Waals surface area (Å²) >= 11 is 1.12. The van der Waals surface area contributed by atoms with E-state index in [0.29, 0.717) is 5.56 Å². The number of thioether (sulfide) groups is 1. The highest BCUT2D eigenvalue weighted by Gasteiger charge is 2.49. The van der Waals surface area contributed by atoms with E-state index >= 15 is 0 Å². The second kappa shape index (κ2) is 11.4. The van der Waals surface area contributed by atoms with Gasteiger partial charge in [-0.25, -0.2) is 19.2 Å². The first-order chi connectivity index (χ1) is 16.7. The summed E-state index contributed by atoms with van der Waals surface area (Å²) in [6, 6.07) is 12.1. The molecule has 1 aliphatic heterocycles. The SMILES string of the molecule is CO[C@@H](C)C(=O)N1N=C(c2cc(F)ccc2F)SC1(CCNNC(=N)NC(C)=O)c1ccccc1. The Labute approximate surface area is 205 Å². The van der Waals surface area contributed by atoms with Crippen molar-refractivity contribution < 1.29 is 23.1 Å². The summed E-state index contributed by atoms with van der Waals surface area (Å²) in [4.78, 5) is 23.3. The molecule has 2 atom stereocenters. The zero-order valence-corrected chi connectivity index (χ0v) is 20.2. The third-order valence-electron chi connectivity index (χ3n) is 5.20. The lowest BCUT2D eigenvalue weighted by molar-refractivity contribution is -0.144. The van der Waals surface area contributed by atoms with Crippen LogP contribution in [0.25, 0.3) is 0 Å². The average molecular weight is 505 g/mol. The molecule has 9 nitrogen and oxygen atoms in total. The minimum absolute atomic E-state index is 0.0609. The number of hydrazine groups is 1. The van der Waals surface area contributed by atoms with Gasteiger partial charge in [-0.15, -0.1) is 0 Å². The quantitative estimate of drug-likeness (QED) is 0.190. The lowest BCUT2D eigenvalue weighted by atomic mass is 10.0. The number of nitrogens with zero attached hydrogens (tertiary/aromatic N) is 2. The molecule has 2 aromatic rings. The van der Waals surface area contributed by atoms with Crippen molar-refractivity contribution in [3.63, 3.8) is 0 Å². The summed E-state index contributed by atoms with van der Waals surface area (Å²) in [5.74, 6) is -2.42. The second-order valence-electron chi connectivity index (χ2n) is 7.67. The van der Waals surface area contributed by atoms with Crippen LogP contribution in [0.3, 0.4) is 0 Å². The number of rotatable bonds is 8. The highest BCUT2D eigenvalue weighted by molar-refractivity contribution is 8.15. The molecule has 4 N–H and O–H groups in total. The number of guanidine groups is 1. The predicted molar refractivity (Wildman–Crippen MR) is 129 cm³/mol. The van der Waals surface area contributed by atoms with Crippen molar-refractivity contribution in [1.82, 2.24) is 21.2 Å². The molecule has 1 heterocycles. The first kappa shape index (κ1) is 26.3. The van der Waals surface area contributed by atoms with Gasteiger partial charge in [-0.3, -0.25) is 25.7 Å². The van der Waals surface area contributed by atoms with Gasteiger partial charge < -0.3 is 4.74 Å². The van der Waals surface area contributed by atoms with Gasteiger partial charge in [0.25, 0.3) is 5.91 Å². The van der Waals surface area contributed by atoms with Crippen LogP contribution in [0.2, 0.25) is 0 Å². The van der Waals surface area contributed by atoms with Gasteiger partial charge in [0.1, 0.15) is 27.7 Å². The first-order valence-electron chi connectivity index (χ1n) is 10.7. The Morgan fingerprint density at radius 2 is 1.94 bits per heavy atom. The third kappa shape index (κ3) is 6.02. The van der Waals surface area contributed by atoms with Gasteiger partial charge in [0.2, 0.25) is 11.9 Å². The number of carbonyl (C=O) groups excluding carboxylic acids is 2. The van der Waals surface area contributed by atoms with E-state index in [1.165, 1.54) is 19.0 Å². The Hall–Kier alpha value is -3.35. The molecule has 1 aliphatic rings. The molecule has 2 amide bonds. The summed E-state index contributed by atoms with van der Waals surface area (Å²) in [5.41, 5.74) is 6.04. The van der Waals surface area contributed by atoms with Gasteiger partial charge in [0.15, 0.2) is 0 Å². The smallest absolute Gasteiger partial charge is 0.273 e. The number of hydrazone groups is 1. The fourth-order valence-corrected chi connectivity index (χ4v) is 4.82. The number of ether oxygens (including phenoxy) is 1. The van der Waals surface area contributed by atoms with Crippen LogP contribution in [0, 0.1) is 17.0 Å². The van der Waals surface area contributed by atoms with E-state index in [4.69, 9.17) is 10.1 Å². The average Bonchev–Trinajstić information content (AvgIpc) is 3.23.